The molecule has 0 aliphatic carbocycles. The number of amides is 1. The summed E-state index contributed by atoms with van der Waals surface area (Å²) in [4.78, 5) is 34.1. The molecule has 0 bridgehead atoms. The average Bonchev–Trinajstić information content (AvgIpc) is 2.69. The number of aliphatic hydroxyl groups excluding tert-OH is 1. The first-order valence-electron chi connectivity index (χ1n) is 8.68. The number of aromatic nitrogens is 3. The summed E-state index contributed by atoms with van der Waals surface area (Å²) in [6, 6.07) is 12.4. The molecular formula is C20H19ClN4O3. The Morgan fingerprint density at radius 3 is 2.64 bits per heavy atom. The summed E-state index contributed by atoms with van der Waals surface area (Å²) in [6.07, 6.45) is 1.68. The normalized spacial score (nSPS) is 10.7. The molecule has 0 saturated carbocycles. The maximum Gasteiger partial charge on any atom is 0.257 e. The second-order valence-electron chi connectivity index (χ2n) is 6.12. The van der Waals surface area contributed by atoms with Crippen molar-refractivity contribution in [2.45, 2.75) is 19.9 Å². The van der Waals surface area contributed by atoms with E-state index in [2.05, 4.69) is 15.3 Å². The first-order chi connectivity index (χ1) is 13.5. The zero-order valence-corrected chi connectivity index (χ0v) is 16.0. The van der Waals surface area contributed by atoms with Gasteiger partial charge in [0.2, 0.25) is 5.91 Å². The molecule has 144 valence electrons. The SMILES string of the molecule is Cc1nc(-c2ccccc2)n(CC(=O)Nc2cccnc2Cl)c(=O)c1CCO. The average molecular weight is 399 g/mol. The molecule has 2 N–H and O–H groups in total. The highest BCUT2D eigenvalue weighted by atomic mass is 35.5. The highest BCUT2D eigenvalue weighted by Crippen LogP contribution is 2.19. The van der Waals surface area contributed by atoms with Crippen LogP contribution in [0.2, 0.25) is 5.15 Å². The van der Waals surface area contributed by atoms with Crippen molar-refractivity contribution >= 4 is 23.2 Å². The number of nitrogens with zero attached hydrogens (tertiary/aromatic N) is 3. The topological polar surface area (TPSA) is 97.1 Å². The number of nitrogens with one attached hydrogen (secondary N) is 1. The van der Waals surface area contributed by atoms with Crippen molar-refractivity contribution in [1.29, 1.82) is 0 Å². The van der Waals surface area contributed by atoms with Crippen molar-refractivity contribution in [1.82, 2.24) is 14.5 Å². The van der Waals surface area contributed by atoms with Gasteiger partial charge < -0.3 is 10.4 Å². The summed E-state index contributed by atoms with van der Waals surface area (Å²) < 4.78 is 1.31. The highest BCUT2D eigenvalue weighted by molar-refractivity contribution is 6.32. The van der Waals surface area contributed by atoms with E-state index in [0.717, 1.165) is 0 Å². The van der Waals surface area contributed by atoms with Gasteiger partial charge in [0.1, 0.15) is 12.4 Å². The molecule has 3 rings (SSSR count). The number of aliphatic hydroxyl groups is 1. The number of pyridine rings is 1. The molecule has 2 aromatic heterocycles. The number of carbonyl (C=O) groups is 1. The standard InChI is InChI=1S/C20H19ClN4O3/c1-13-15(9-11-26)20(28)25(19(23-13)14-6-3-2-4-7-14)12-17(27)24-16-8-5-10-22-18(16)21/h2-8,10,26H,9,11-12H2,1H3,(H,24,27). The van der Waals surface area contributed by atoms with Crippen LogP contribution in [0, 0.1) is 6.92 Å². The molecule has 0 fully saturated rings. The van der Waals surface area contributed by atoms with Gasteiger partial charge in [0.05, 0.1) is 5.69 Å². The quantitative estimate of drug-likeness (QED) is 0.621. The number of aryl methyl sites for hydroxylation is 1. The highest BCUT2D eigenvalue weighted by Gasteiger charge is 2.18. The Hall–Kier alpha value is -3.03. The van der Waals surface area contributed by atoms with Gasteiger partial charge in [-0.3, -0.25) is 14.2 Å². The molecule has 0 atom stereocenters. The van der Waals surface area contributed by atoms with Gasteiger partial charge in [-0.2, -0.15) is 0 Å². The van der Waals surface area contributed by atoms with Crippen LogP contribution in [0.25, 0.3) is 11.4 Å². The lowest BCUT2D eigenvalue weighted by atomic mass is 10.1. The minimum absolute atomic E-state index is 0.162. The molecule has 0 unspecified atom stereocenters. The summed E-state index contributed by atoms with van der Waals surface area (Å²) in [5, 5.41) is 12.1. The summed E-state index contributed by atoms with van der Waals surface area (Å²) in [5.41, 5.74) is 1.64. The van der Waals surface area contributed by atoms with E-state index in [1.165, 1.54) is 10.8 Å². The second-order valence-corrected chi connectivity index (χ2v) is 6.48. The Bertz CT molecular complexity index is 1050. The molecule has 0 aliphatic heterocycles. The van der Waals surface area contributed by atoms with Crippen molar-refractivity contribution in [3.8, 4) is 11.4 Å². The molecule has 0 aliphatic rings. The smallest absolute Gasteiger partial charge is 0.257 e. The van der Waals surface area contributed by atoms with Gasteiger partial charge in [0.15, 0.2) is 5.15 Å². The van der Waals surface area contributed by atoms with E-state index in [9.17, 15) is 14.7 Å². The Labute approximate surface area is 166 Å². The van der Waals surface area contributed by atoms with E-state index in [1.807, 2.05) is 30.3 Å². The minimum Gasteiger partial charge on any atom is -0.396 e. The number of carbonyl (C=O) groups excluding carboxylic acids is 1. The maximum absolute atomic E-state index is 13.0. The lowest BCUT2D eigenvalue weighted by molar-refractivity contribution is -0.116. The summed E-state index contributed by atoms with van der Waals surface area (Å²) >= 11 is 5.98. The molecule has 28 heavy (non-hydrogen) atoms. The molecule has 7 nitrogen and oxygen atoms in total. The third-order valence-electron chi connectivity index (χ3n) is 4.20. The molecule has 1 amide bonds. The Kier molecular flexibility index (Phi) is 6.18. The number of anilines is 1. The minimum atomic E-state index is -0.435. The molecule has 8 heteroatoms. The van der Waals surface area contributed by atoms with E-state index in [4.69, 9.17) is 11.6 Å². The third kappa shape index (κ3) is 4.27. The van der Waals surface area contributed by atoms with Gasteiger partial charge in [0.25, 0.3) is 5.56 Å². The Morgan fingerprint density at radius 1 is 1.21 bits per heavy atom. The van der Waals surface area contributed by atoms with Crippen LogP contribution >= 0.6 is 11.6 Å². The first-order valence-corrected chi connectivity index (χ1v) is 9.06. The van der Waals surface area contributed by atoms with Crippen molar-refractivity contribution in [2.75, 3.05) is 11.9 Å². The monoisotopic (exact) mass is 398 g/mol. The van der Waals surface area contributed by atoms with Crippen molar-refractivity contribution < 1.29 is 9.90 Å². The first kappa shape index (κ1) is 19.7. The molecule has 1 aromatic carbocycles. The zero-order chi connectivity index (χ0) is 20.1. The van der Waals surface area contributed by atoms with Crippen LogP contribution in [-0.4, -0.2) is 32.2 Å². The van der Waals surface area contributed by atoms with Crippen molar-refractivity contribution in [3.05, 3.63) is 75.4 Å². The molecule has 0 radical (unpaired) electrons. The number of rotatable bonds is 6. The van der Waals surface area contributed by atoms with Gasteiger partial charge in [-0.1, -0.05) is 41.9 Å². The van der Waals surface area contributed by atoms with Gasteiger partial charge in [-0.15, -0.1) is 0 Å². The predicted octanol–water partition coefficient (Wildman–Crippen LogP) is 2.44. The Morgan fingerprint density at radius 2 is 1.96 bits per heavy atom. The fourth-order valence-electron chi connectivity index (χ4n) is 2.87. The van der Waals surface area contributed by atoms with E-state index in [1.54, 1.807) is 19.1 Å². The second kappa shape index (κ2) is 8.77. The number of hydrogen-bond donors (Lipinski definition) is 2. The zero-order valence-electron chi connectivity index (χ0n) is 15.2. The number of hydrogen-bond acceptors (Lipinski definition) is 5. The van der Waals surface area contributed by atoms with Crippen molar-refractivity contribution in [2.24, 2.45) is 0 Å². The van der Waals surface area contributed by atoms with E-state index in [0.29, 0.717) is 28.3 Å². The van der Waals surface area contributed by atoms with Crippen LogP contribution in [0.4, 0.5) is 5.69 Å². The predicted molar refractivity (Wildman–Crippen MR) is 107 cm³/mol. The van der Waals surface area contributed by atoms with Gasteiger partial charge in [-0.25, -0.2) is 9.97 Å². The van der Waals surface area contributed by atoms with Crippen LogP contribution in [0.3, 0.4) is 0 Å². The number of benzene rings is 1. The van der Waals surface area contributed by atoms with E-state index >= 15 is 0 Å². The summed E-state index contributed by atoms with van der Waals surface area (Å²) in [7, 11) is 0. The third-order valence-corrected chi connectivity index (χ3v) is 4.50. The fraction of sp³-hybridized carbons (Fsp3) is 0.200. The van der Waals surface area contributed by atoms with E-state index in [-0.39, 0.29) is 30.3 Å². The molecule has 0 saturated heterocycles. The Balaban J connectivity index is 2.02. The molecule has 3 aromatic rings. The van der Waals surface area contributed by atoms with Crippen LogP contribution in [0.15, 0.2) is 53.5 Å². The molecule has 2 heterocycles. The van der Waals surface area contributed by atoms with Crippen LogP contribution in [-0.2, 0) is 17.8 Å². The van der Waals surface area contributed by atoms with Crippen LogP contribution < -0.4 is 10.9 Å². The largest absolute Gasteiger partial charge is 0.396 e. The summed E-state index contributed by atoms with van der Waals surface area (Å²) in [6.45, 7) is 1.29. The van der Waals surface area contributed by atoms with Crippen molar-refractivity contribution in [3.63, 3.8) is 0 Å². The lowest BCUT2D eigenvalue weighted by Crippen LogP contribution is -2.33. The van der Waals surface area contributed by atoms with Crippen LogP contribution in [0.1, 0.15) is 11.3 Å². The van der Waals surface area contributed by atoms with Crippen LogP contribution in [0.5, 0.6) is 0 Å². The fourth-order valence-corrected chi connectivity index (χ4v) is 3.03. The molecule has 0 spiro atoms. The summed E-state index contributed by atoms with van der Waals surface area (Å²) in [5.74, 6) is -0.0491. The maximum atomic E-state index is 13.0. The van der Waals surface area contributed by atoms with Gasteiger partial charge in [0, 0.05) is 36.0 Å². The molecular weight excluding hydrogens is 380 g/mol. The lowest BCUT2D eigenvalue weighted by Gasteiger charge is -2.16. The number of halogens is 1. The van der Waals surface area contributed by atoms with Gasteiger partial charge >= 0.3 is 0 Å². The van der Waals surface area contributed by atoms with Gasteiger partial charge in [-0.05, 0) is 19.1 Å². The van der Waals surface area contributed by atoms with E-state index < -0.39 is 5.91 Å².